The number of hydrogen-bond donors (Lipinski definition) is 0. The Morgan fingerprint density at radius 1 is 1.41 bits per heavy atom. The number of halogens is 2. The minimum atomic E-state index is 0.151. The highest BCUT2D eigenvalue weighted by atomic mass is 79.9. The van der Waals surface area contributed by atoms with Crippen molar-refractivity contribution >= 4 is 27.5 Å². The normalized spacial score (nSPS) is 31.6. The zero-order valence-electron chi connectivity index (χ0n) is 10.6. The molecule has 0 aromatic heterocycles. The lowest BCUT2D eigenvalue weighted by molar-refractivity contribution is 0.0472. The highest BCUT2D eigenvalue weighted by molar-refractivity contribution is 9.09. The van der Waals surface area contributed by atoms with Crippen LogP contribution in [0.25, 0.3) is 0 Å². The van der Waals surface area contributed by atoms with E-state index in [-0.39, 0.29) is 17.6 Å². The van der Waals surface area contributed by atoms with Gasteiger partial charge in [0.15, 0.2) is 0 Å². The monoisotopic (exact) mass is 320 g/mol. The molecule has 0 N–H and O–H groups in total. The zero-order valence-corrected chi connectivity index (χ0v) is 13.0. The number of allylic oxidation sites excluding steroid dienone is 3. The van der Waals surface area contributed by atoms with Gasteiger partial charge in [0.1, 0.15) is 0 Å². The van der Waals surface area contributed by atoms with Crippen LogP contribution in [0.2, 0.25) is 0 Å². The average molecular weight is 322 g/mol. The molecule has 1 rings (SSSR count). The van der Waals surface area contributed by atoms with Crippen LogP contribution in [-0.2, 0) is 4.74 Å². The summed E-state index contributed by atoms with van der Waals surface area (Å²) < 4.78 is 5.98. The van der Waals surface area contributed by atoms with Crippen molar-refractivity contribution in [3.63, 3.8) is 0 Å². The van der Waals surface area contributed by atoms with E-state index in [0.717, 1.165) is 25.7 Å². The Kier molecular flexibility index (Phi) is 7.49. The Morgan fingerprint density at radius 3 is 2.82 bits per heavy atom. The Bertz CT molecular complexity index is 265. The first-order valence-corrected chi connectivity index (χ1v) is 7.74. The van der Waals surface area contributed by atoms with Crippen LogP contribution < -0.4 is 0 Å². The maximum Gasteiger partial charge on any atom is 0.0778 e. The third kappa shape index (κ3) is 5.15. The van der Waals surface area contributed by atoms with Crippen LogP contribution in [0.4, 0.5) is 0 Å². The van der Waals surface area contributed by atoms with Crippen molar-refractivity contribution in [3.8, 4) is 0 Å². The number of alkyl halides is 2. The minimum Gasteiger partial charge on any atom is -0.372 e. The summed E-state index contributed by atoms with van der Waals surface area (Å²) in [5.41, 5.74) is 0. The summed E-state index contributed by atoms with van der Waals surface area (Å²) in [6.07, 6.45) is 13.0. The second-order valence-electron chi connectivity index (χ2n) is 4.40. The van der Waals surface area contributed by atoms with Crippen molar-refractivity contribution in [2.75, 3.05) is 0 Å². The predicted octanol–water partition coefficient (Wildman–Crippen LogP) is 4.84. The van der Waals surface area contributed by atoms with E-state index in [1.165, 1.54) is 0 Å². The summed E-state index contributed by atoms with van der Waals surface area (Å²) in [6, 6.07) is 0. The summed E-state index contributed by atoms with van der Waals surface area (Å²) in [5.74, 6) is 0. The smallest absolute Gasteiger partial charge is 0.0778 e. The van der Waals surface area contributed by atoms with Gasteiger partial charge in [-0.25, -0.2) is 0 Å². The van der Waals surface area contributed by atoms with E-state index in [4.69, 9.17) is 16.3 Å². The van der Waals surface area contributed by atoms with Gasteiger partial charge in [-0.3, -0.25) is 0 Å². The van der Waals surface area contributed by atoms with Gasteiger partial charge < -0.3 is 4.74 Å². The van der Waals surface area contributed by atoms with Crippen molar-refractivity contribution in [1.82, 2.24) is 0 Å². The van der Waals surface area contributed by atoms with E-state index in [1.807, 2.05) is 6.92 Å². The Morgan fingerprint density at radius 2 is 2.18 bits per heavy atom. The maximum absolute atomic E-state index is 6.32. The second-order valence-corrected chi connectivity index (χ2v) is 6.14. The summed E-state index contributed by atoms with van der Waals surface area (Å²) in [7, 11) is 0. The van der Waals surface area contributed by atoms with Gasteiger partial charge in [0, 0.05) is 4.83 Å². The van der Waals surface area contributed by atoms with Crippen LogP contribution in [0.1, 0.15) is 39.5 Å². The molecule has 98 valence electrons. The molecule has 0 aliphatic carbocycles. The quantitative estimate of drug-likeness (QED) is 0.502. The lowest BCUT2D eigenvalue weighted by Gasteiger charge is -2.16. The minimum absolute atomic E-state index is 0.151. The van der Waals surface area contributed by atoms with Gasteiger partial charge >= 0.3 is 0 Å². The highest BCUT2D eigenvalue weighted by Gasteiger charge is 2.35. The fraction of sp³-hybridized carbons (Fsp3) is 0.714. The number of hydrogen-bond acceptors (Lipinski definition) is 1. The van der Waals surface area contributed by atoms with Crippen LogP contribution >= 0.6 is 27.5 Å². The summed E-state index contributed by atoms with van der Waals surface area (Å²) in [6.45, 7) is 4.20. The molecule has 0 saturated carbocycles. The fourth-order valence-corrected chi connectivity index (χ4v) is 2.66. The van der Waals surface area contributed by atoms with Gasteiger partial charge in [-0.1, -0.05) is 47.2 Å². The van der Waals surface area contributed by atoms with Gasteiger partial charge in [0.25, 0.3) is 0 Å². The highest BCUT2D eigenvalue weighted by Crippen LogP contribution is 2.32. The van der Waals surface area contributed by atoms with Gasteiger partial charge in [0.2, 0.25) is 0 Å². The van der Waals surface area contributed by atoms with Crippen LogP contribution in [0.15, 0.2) is 24.3 Å². The summed E-state index contributed by atoms with van der Waals surface area (Å²) >= 11 is 9.97. The molecule has 0 radical (unpaired) electrons. The van der Waals surface area contributed by atoms with Gasteiger partial charge in [-0.15, -0.1) is 11.6 Å². The molecule has 1 saturated heterocycles. The topological polar surface area (TPSA) is 9.23 Å². The molecule has 4 unspecified atom stereocenters. The van der Waals surface area contributed by atoms with Crippen molar-refractivity contribution in [2.45, 2.75) is 61.9 Å². The van der Waals surface area contributed by atoms with E-state index < -0.39 is 0 Å². The molecule has 17 heavy (non-hydrogen) atoms. The van der Waals surface area contributed by atoms with E-state index in [1.54, 1.807) is 0 Å². The first-order valence-electron chi connectivity index (χ1n) is 6.38. The molecule has 3 heteroatoms. The van der Waals surface area contributed by atoms with Crippen molar-refractivity contribution < 1.29 is 4.74 Å². The molecule has 0 amide bonds. The molecule has 1 aliphatic heterocycles. The predicted molar refractivity (Wildman–Crippen MR) is 79.1 cm³/mol. The van der Waals surface area contributed by atoms with Gasteiger partial charge in [-0.05, 0) is 32.6 Å². The summed E-state index contributed by atoms with van der Waals surface area (Å²) in [5, 5.41) is 0.151. The van der Waals surface area contributed by atoms with Gasteiger partial charge in [-0.2, -0.15) is 0 Å². The molecule has 0 spiro atoms. The van der Waals surface area contributed by atoms with Crippen molar-refractivity contribution in [1.29, 1.82) is 0 Å². The van der Waals surface area contributed by atoms with Crippen molar-refractivity contribution in [3.05, 3.63) is 24.3 Å². The SMILES string of the molecule is CC=CCC=CCC1OC(C(Br)CC)CC1Cl. The molecule has 1 heterocycles. The molecule has 1 aliphatic rings. The van der Waals surface area contributed by atoms with Crippen LogP contribution in [0.3, 0.4) is 0 Å². The molecule has 0 aromatic rings. The third-order valence-corrected chi connectivity index (χ3v) is 4.74. The van der Waals surface area contributed by atoms with Crippen molar-refractivity contribution in [2.24, 2.45) is 0 Å². The summed E-state index contributed by atoms with van der Waals surface area (Å²) in [4.78, 5) is 0.431. The van der Waals surface area contributed by atoms with E-state index >= 15 is 0 Å². The first kappa shape index (κ1) is 15.3. The van der Waals surface area contributed by atoms with Gasteiger partial charge in [0.05, 0.1) is 17.6 Å². The van der Waals surface area contributed by atoms with Crippen LogP contribution in [0, 0.1) is 0 Å². The molecular weight excluding hydrogens is 300 g/mol. The Hall–Kier alpha value is 0.210. The zero-order chi connectivity index (χ0) is 12.7. The number of rotatable bonds is 6. The molecule has 0 bridgehead atoms. The largest absolute Gasteiger partial charge is 0.372 e. The Labute approximate surface area is 118 Å². The second kappa shape index (κ2) is 8.34. The molecule has 1 fully saturated rings. The maximum atomic E-state index is 6.32. The lowest BCUT2D eigenvalue weighted by Crippen LogP contribution is -2.20. The molecule has 4 atom stereocenters. The first-order chi connectivity index (χ1) is 8.19. The van der Waals surface area contributed by atoms with Crippen LogP contribution in [-0.4, -0.2) is 22.4 Å². The van der Waals surface area contributed by atoms with E-state index in [9.17, 15) is 0 Å². The molecule has 0 aromatic carbocycles. The van der Waals surface area contributed by atoms with E-state index in [0.29, 0.717) is 4.83 Å². The van der Waals surface area contributed by atoms with Crippen LogP contribution in [0.5, 0.6) is 0 Å². The molecule has 1 nitrogen and oxygen atoms in total. The third-order valence-electron chi connectivity index (χ3n) is 3.05. The standard InChI is InChI=1S/C14H22BrClO/c1-3-5-6-7-8-9-13-12(16)10-14(17-13)11(15)4-2/h3,5,7-8,11-14H,4,6,9-10H2,1-2H3. The molecular formula is C14H22BrClO. The Balaban J connectivity index is 2.32. The van der Waals surface area contributed by atoms with E-state index in [2.05, 4.69) is 47.2 Å². The average Bonchev–Trinajstić information content (AvgIpc) is 2.70. The fourth-order valence-electron chi connectivity index (χ4n) is 1.98. The lowest BCUT2D eigenvalue weighted by atomic mass is 10.1. The number of ether oxygens (including phenoxy) is 1.